The molecule has 0 aromatic heterocycles. The molecule has 1 N–H and O–H groups in total. The lowest BCUT2D eigenvalue weighted by Gasteiger charge is -2.08. The SMILES string of the molecule is O=S(=O)(c1cccc2c1N2)S(=O)(=O)C(F)(F)F. The van der Waals surface area contributed by atoms with Gasteiger partial charge in [-0.1, -0.05) is 6.07 Å². The molecule has 1 aliphatic heterocycles. The minimum Gasteiger partial charge on any atom is -0.351 e. The zero-order valence-corrected chi connectivity index (χ0v) is 9.45. The molecule has 0 amide bonds. The van der Waals surface area contributed by atoms with Crippen molar-refractivity contribution in [3.05, 3.63) is 18.2 Å². The molecule has 0 spiro atoms. The number of halogens is 3. The maximum atomic E-state index is 12.2. The van der Waals surface area contributed by atoms with E-state index in [2.05, 4.69) is 5.32 Å². The summed E-state index contributed by atoms with van der Waals surface area (Å²) in [6.45, 7) is 0. The highest BCUT2D eigenvalue weighted by molar-refractivity contribution is 8.67. The van der Waals surface area contributed by atoms with Crippen LogP contribution < -0.4 is 5.32 Å². The van der Waals surface area contributed by atoms with Crippen LogP contribution in [0, 0.1) is 0 Å². The molecule has 0 radical (unpaired) electrons. The molecule has 1 aromatic carbocycles. The van der Waals surface area contributed by atoms with Crippen LogP contribution in [-0.4, -0.2) is 22.3 Å². The van der Waals surface area contributed by atoms with E-state index in [0.717, 1.165) is 12.1 Å². The Balaban J connectivity index is 2.66. The van der Waals surface area contributed by atoms with Crippen LogP contribution in [0.2, 0.25) is 0 Å². The second kappa shape index (κ2) is 3.13. The number of rotatable bonds is 2. The third-order valence-corrected chi connectivity index (χ3v) is 6.93. The number of para-hydroxylation sites is 1. The highest BCUT2D eigenvalue weighted by atomic mass is 33.2. The Morgan fingerprint density at radius 3 is 2.18 bits per heavy atom. The minimum absolute atomic E-state index is 0.111. The van der Waals surface area contributed by atoms with Crippen molar-refractivity contribution in [1.29, 1.82) is 0 Å². The number of benzene rings is 1. The number of hydrogen-bond acceptors (Lipinski definition) is 5. The van der Waals surface area contributed by atoms with E-state index in [1.54, 1.807) is 0 Å². The Morgan fingerprint density at radius 1 is 1.06 bits per heavy atom. The van der Waals surface area contributed by atoms with Gasteiger partial charge in [-0.2, -0.15) is 13.2 Å². The van der Waals surface area contributed by atoms with E-state index >= 15 is 0 Å². The van der Waals surface area contributed by atoms with Gasteiger partial charge in [0.2, 0.25) is 0 Å². The summed E-state index contributed by atoms with van der Waals surface area (Å²) in [5, 5.41) is 2.38. The van der Waals surface area contributed by atoms with E-state index < -0.39 is 28.1 Å². The fourth-order valence-electron chi connectivity index (χ4n) is 1.19. The van der Waals surface area contributed by atoms with Gasteiger partial charge in [-0.15, -0.1) is 0 Å². The first-order chi connectivity index (χ1) is 7.59. The lowest BCUT2D eigenvalue weighted by atomic mass is 10.4. The summed E-state index contributed by atoms with van der Waals surface area (Å²) < 4.78 is 81.2. The second-order valence-electron chi connectivity index (χ2n) is 3.16. The van der Waals surface area contributed by atoms with Gasteiger partial charge in [-0.3, -0.25) is 0 Å². The average Bonchev–Trinajstić information content (AvgIpc) is 2.93. The normalized spacial score (nSPS) is 15.0. The Kier molecular flexibility index (Phi) is 2.24. The molecule has 0 atom stereocenters. The zero-order valence-electron chi connectivity index (χ0n) is 7.82. The van der Waals surface area contributed by atoms with Crippen molar-refractivity contribution in [1.82, 2.24) is 0 Å². The van der Waals surface area contributed by atoms with Crippen LogP contribution in [0.1, 0.15) is 0 Å². The highest BCUT2D eigenvalue weighted by Gasteiger charge is 2.56. The van der Waals surface area contributed by atoms with Crippen LogP contribution in [-0.2, 0) is 17.7 Å². The predicted molar refractivity (Wildman–Crippen MR) is 51.9 cm³/mol. The molecule has 5 nitrogen and oxygen atoms in total. The molecule has 0 saturated carbocycles. The number of anilines is 2. The molecule has 17 heavy (non-hydrogen) atoms. The Labute approximate surface area is 93.5 Å². The Morgan fingerprint density at radius 2 is 1.65 bits per heavy atom. The molecule has 1 aliphatic rings. The topological polar surface area (TPSA) is 90.2 Å². The first-order valence-corrected chi connectivity index (χ1v) is 7.54. The second-order valence-corrected chi connectivity index (χ2v) is 8.51. The zero-order chi connectivity index (χ0) is 13.1. The van der Waals surface area contributed by atoms with Gasteiger partial charge < -0.3 is 5.32 Å². The molecule has 0 unspecified atom stereocenters. The molecule has 0 saturated heterocycles. The molecular formula is C7H4F3NO4S2. The molecule has 1 heterocycles. The highest BCUT2D eigenvalue weighted by Crippen LogP contribution is 2.46. The average molecular weight is 287 g/mol. The number of hydrogen-bond donors (Lipinski definition) is 1. The van der Waals surface area contributed by atoms with Gasteiger partial charge in [0.15, 0.2) is 0 Å². The monoisotopic (exact) mass is 287 g/mol. The van der Waals surface area contributed by atoms with Crippen molar-refractivity contribution in [3.63, 3.8) is 0 Å². The molecule has 2 rings (SSSR count). The fourth-order valence-corrected chi connectivity index (χ4v) is 4.20. The lowest BCUT2D eigenvalue weighted by Crippen LogP contribution is -2.30. The molecular weight excluding hydrogens is 283 g/mol. The molecule has 0 bridgehead atoms. The summed E-state index contributed by atoms with van der Waals surface area (Å²) in [6, 6.07) is 3.36. The number of nitrogens with one attached hydrogen (secondary N) is 1. The van der Waals surface area contributed by atoms with Crippen LogP contribution >= 0.6 is 0 Å². The maximum Gasteiger partial charge on any atom is 0.512 e. The van der Waals surface area contributed by atoms with Crippen LogP contribution in [0.15, 0.2) is 23.1 Å². The molecule has 94 valence electrons. The summed E-state index contributed by atoms with van der Waals surface area (Å²) in [4.78, 5) is -0.882. The van der Waals surface area contributed by atoms with Crippen molar-refractivity contribution >= 4 is 29.1 Å². The molecule has 10 heteroatoms. The van der Waals surface area contributed by atoms with Crippen molar-refractivity contribution in [3.8, 4) is 0 Å². The van der Waals surface area contributed by atoms with Gasteiger partial charge in [0, 0.05) is 0 Å². The van der Waals surface area contributed by atoms with Gasteiger partial charge >= 0.3 is 14.4 Å². The third kappa shape index (κ3) is 1.59. The first-order valence-electron chi connectivity index (χ1n) is 4.05. The molecule has 1 aromatic rings. The minimum atomic E-state index is -6.29. The van der Waals surface area contributed by atoms with Crippen molar-refractivity contribution in [2.75, 3.05) is 5.32 Å². The van der Waals surface area contributed by atoms with Gasteiger partial charge in [-0.05, 0) is 12.1 Å². The lowest BCUT2D eigenvalue weighted by molar-refractivity contribution is -0.0412. The quantitative estimate of drug-likeness (QED) is 0.665. The number of alkyl halides is 3. The van der Waals surface area contributed by atoms with Crippen LogP contribution in [0.25, 0.3) is 0 Å². The van der Waals surface area contributed by atoms with Gasteiger partial charge in [0.1, 0.15) is 4.90 Å². The molecule has 0 fully saturated rings. The summed E-state index contributed by atoms with van der Waals surface area (Å²) in [6.07, 6.45) is 0. The Bertz CT molecular complexity index is 690. The third-order valence-electron chi connectivity index (χ3n) is 2.07. The fraction of sp³-hybridized carbons (Fsp3) is 0.143. The summed E-state index contributed by atoms with van der Waals surface area (Å²) in [5.74, 6) is 0. The number of fused-ring (bicyclic) bond motifs is 1. The smallest absolute Gasteiger partial charge is 0.351 e. The maximum absolute atomic E-state index is 12.2. The van der Waals surface area contributed by atoms with Crippen molar-refractivity contribution in [2.24, 2.45) is 0 Å². The van der Waals surface area contributed by atoms with Gasteiger partial charge in [0.25, 0.3) is 8.87 Å². The van der Waals surface area contributed by atoms with Gasteiger partial charge in [-0.25, -0.2) is 16.8 Å². The van der Waals surface area contributed by atoms with E-state index in [1.165, 1.54) is 6.07 Å². The van der Waals surface area contributed by atoms with E-state index in [0.29, 0.717) is 5.69 Å². The van der Waals surface area contributed by atoms with Crippen LogP contribution in [0.4, 0.5) is 24.5 Å². The predicted octanol–water partition coefficient (Wildman–Crippen LogP) is 1.37. The van der Waals surface area contributed by atoms with Crippen LogP contribution in [0.5, 0.6) is 0 Å². The summed E-state index contributed by atoms with van der Waals surface area (Å²) >= 11 is 0. The molecule has 0 aliphatic carbocycles. The van der Waals surface area contributed by atoms with Crippen molar-refractivity contribution < 1.29 is 30.0 Å². The summed E-state index contributed by atoms with van der Waals surface area (Å²) in [7, 11) is -11.8. The van der Waals surface area contributed by atoms with Crippen LogP contribution in [0.3, 0.4) is 0 Å². The van der Waals surface area contributed by atoms with E-state index in [1.807, 2.05) is 0 Å². The van der Waals surface area contributed by atoms with E-state index in [9.17, 15) is 30.0 Å². The van der Waals surface area contributed by atoms with E-state index in [4.69, 9.17) is 0 Å². The van der Waals surface area contributed by atoms with Crippen molar-refractivity contribution in [2.45, 2.75) is 10.4 Å². The largest absolute Gasteiger partial charge is 0.512 e. The first kappa shape index (κ1) is 12.2. The summed E-state index contributed by atoms with van der Waals surface area (Å²) in [5.41, 5.74) is -5.66. The van der Waals surface area contributed by atoms with E-state index in [-0.39, 0.29) is 5.69 Å². The standard InChI is InChI=1S/C7H4F3NO4S2/c8-7(9,10)17(14,15)16(12,13)5-3-1-2-4-6(5)11-4/h1-3,11H. The Hall–Kier alpha value is -1.29. The van der Waals surface area contributed by atoms with Gasteiger partial charge in [0.05, 0.1) is 11.4 Å².